The number of amides is 1. The summed E-state index contributed by atoms with van der Waals surface area (Å²) in [6.07, 6.45) is -8.97. The summed E-state index contributed by atoms with van der Waals surface area (Å²) in [5.74, 6) is -1.94. The lowest BCUT2D eigenvalue weighted by atomic mass is 10.1. The van der Waals surface area contributed by atoms with Gasteiger partial charge in [0.05, 0.1) is 16.6 Å². The molecule has 0 unspecified atom stereocenters. The molecule has 0 aliphatic heterocycles. The molecule has 0 saturated carbocycles. The van der Waals surface area contributed by atoms with Crippen LogP contribution in [-0.4, -0.2) is 37.2 Å². The van der Waals surface area contributed by atoms with Crippen LogP contribution >= 0.6 is 11.3 Å². The van der Waals surface area contributed by atoms with E-state index in [0.29, 0.717) is 27.9 Å². The minimum Gasteiger partial charge on any atom is -0.438 e. The first kappa shape index (κ1) is 25.9. The van der Waals surface area contributed by atoms with E-state index in [2.05, 4.69) is 30.3 Å². The van der Waals surface area contributed by atoms with Crippen molar-refractivity contribution in [2.45, 2.75) is 12.5 Å². The van der Waals surface area contributed by atoms with E-state index in [0.717, 1.165) is 18.2 Å². The number of carbonyl (C=O) groups is 1. The Balaban J connectivity index is 1.41. The molecular formula is C23H12F6N6O3S. The van der Waals surface area contributed by atoms with Gasteiger partial charge < -0.3 is 14.8 Å². The van der Waals surface area contributed by atoms with Gasteiger partial charge in [-0.2, -0.15) is 17.9 Å². The van der Waals surface area contributed by atoms with Gasteiger partial charge in [0.2, 0.25) is 11.6 Å². The number of fused-ring (bicyclic) bond motifs is 1. The van der Waals surface area contributed by atoms with Crippen LogP contribution in [0.1, 0.15) is 16.1 Å². The lowest BCUT2D eigenvalue weighted by molar-refractivity contribution is -0.276. The monoisotopic (exact) mass is 566 g/mol. The van der Waals surface area contributed by atoms with Crippen LogP contribution < -0.4 is 14.8 Å². The molecule has 5 rings (SSSR count). The predicted octanol–water partition coefficient (Wildman–Crippen LogP) is 6.23. The van der Waals surface area contributed by atoms with Crippen LogP contribution in [0.15, 0.2) is 66.3 Å². The zero-order chi connectivity index (χ0) is 27.8. The number of hydrogen-bond donors (Lipinski definition) is 1. The van der Waals surface area contributed by atoms with Crippen molar-refractivity contribution < 1.29 is 40.6 Å². The molecule has 9 nitrogen and oxygen atoms in total. The average Bonchev–Trinajstić information content (AvgIpc) is 3.51. The van der Waals surface area contributed by atoms with Crippen molar-refractivity contribution in [3.05, 3.63) is 77.6 Å². The number of nitrogens with zero attached hydrogens (tertiary/aromatic N) is 5. The maximum Gasteiger partial charge on any atom is 0.574 e. The van der Waals surface area contributed by atoms with Gasteiger partial charge in [-0.15, -0.1) is 29.6 Å². The van der Waals surface area contributed by atoms with Gasteiger partial charge in [0.15, 0.2) is 0 Å². The van der Waals surface area contributed by atoms with Gasteiger partial charge >= 0.3 is 12.5 Å². The Morgan fingerprint density at radius 1 is 0.949 bits per heavy atom. The smallest absolute Gasteiger partial charge is 0.438 e. The van der Waals surface area contributed by atoms with Crippen molar-refractivity contribution in [3.63, 3.8) is 0 Å². The van der Waals surface area contributed by atoms with Crippen molar-refractivity contribution in [2.24, 2.45) is 0 Å². The van der Waals surface area contributed by atoms with E-state index in [1.165, 1.54) is 41.9 Å². The fourth-order valence-electron chi connectivity index (χ4n) is 3.43. The summed E-state index contributed by atoms with van der Waals surface area (Å²) < 4.78 is 89.6. The summed E-state index contributed by atoms with van der Waals surface area (Å²) in [6, 6.07) is 11.2. The number of carbonyl (C=O) groups excluding carboxylic acids is 1. The maximum absolute atomic E-state index is 13.5. The van der Waals surface area contributed by atoms with Gasteiger partial charge in [0.1, 0.15) is 16.9 Å². The van der Waals surface area contributed by atoms with Gasteiger partial charge in [-0.05, 0) is 47.8 Å². The summed E-state index contributed by atoms with van der Waals surface area (Å²) in [5, 5.41) is 11.5. The number of benzene rings is 2. The molecule has 39 heavy (non-hydrogen) atoms. The van der Waals surface area contributed by atoms with Crippen LogP contribution in [0, 0.1) is 0 Å². The minimum absolute atomic E-state index is 0.110. The van der Waals surface area contributed by atoms with Gasteiger partial charge in [-0.1, -0.05) is 17.3 Å². The Morgan fingerprint density at radius 3 is 2.41 bits per heavy atom. The highest BCUT2D eigenvalue weighted by atomic mass is 32.1. The lowest BCUT2D eigenvalue weighted by Gasteiger charge is -2.15. The summed E-state index contributed by atoms with van der Waals surface area (Å²) in [4.78, 5) is 21.7. The molecule has 0 atom stereocenters. The van der Waals surface area contributed by atoms with Crippen LogP contribution in [0.4, 0.5) is 32.0 Å². The molecule has 0 spiro atoms. The molecule has 0 radical (unpaired) electrons. The second kappa shape index (κ2) is 9.86. The SMILES string of the molecule is O=C(Nc1ccc(Oc2ncnc3sccc23)cc1)c1nnn(-c2ccccc2C(F)(F)F)c1OC(F)(F)F. The van der Waals surface area contributed by atoms with Gasteiger partial charge in [-0.3, -0.25) is 4.79 Å². The second-order valence-corrected chi connectivity index (χ2v) is 8.51. The van der Waals surface area contributed by atoms with Crippen molar-refractivity contribution >= 4 is 33.1 Å². The topological polar surface area (TPSA) is 104 Å². The molecule has 16 heteroatoms. The fourth-order valence-corrected chi connectivity index (χ4v) is 4.15. The highest BCUT2D eigenvalue weighted by molar-refractivity contribution is 7.16. The van der Waals surface area contributed by atoms with Crippen LogP contribution in [0.3, 0.4) is 0 Å². The highest BCUT2D eigenvalue weighted by Crippen LogP contribution is 2.37. The molecule has 0 aliphatic rings. The van der Waals surface area contributed by atoms with Crippen molar-refractivity contribution in [3.8, 4) is 23.2 Å². The Bertz CT molecular complexity index is 1650. The van der Waals surface area contributed by atoms with Gasteiger partial charge in [-0.25, -0.2) is 9.97 Å². The van der Waals surface area contributed by atoms with Gasteiger partial charge in [0.25, 0.3) is 11.8 Å². The number of ether oxygens (including phenoxy) is 2. The molecule has 0 bridgehead atoms. The number of hydrogen-bond acceptors (Lipinski definition) is 8. The van der Waals surface area contributed by atoms with E-state index in [1.54, 1.807) is 6.07 Å². The van der Waals surface area contributed by atoms with Crippen molar-refractivity contribution in [2.75, 3.05) is 5.32 Å². The molecule has 0 fully saturated rings. The third kappa shape index (κ3) is 5.59. The van der Waals surface area contributed by atoms with E-state index < -0.39 is 41.3 Å². The average molecular weight is 566 g/mol. The molecule has 2 aromatic carbocycles. The Hall–Kier alpha value is -4.73. The summed E-state index contributed by atoms with van der Waals surface area (Å²) in [7, 11) is 0. The zero-order valence-corrected chi connectivity index (χ0v) is 19.8. The number of anilines is 1. The molecular weight excluding hydrogens is 554 g/mol. The number of aromatic nitrogens is 5. The molecule has 0 aliphatic carbocycles. The molecule has 1 N–H and O–H groups in total. The van der Waals surface area contributed by atoms with Gasteiger partial charge in [0, 0.05) is 5.69 Å². The molecule has 200 valence electrons. The first-order chi connectivity index (χ1) is 18.5. The zero-order valence-electron chi connectivity index (χ0n) is 19.0. The lowest BCUT2D eigenvalue weighted by Crippen LogP contribution is -2.23. The van der Waals surface area contributed by atoms with Crippen LogP contribution in [-0.2, 0) is 6.18 Å². The second-order valence-electron chi connectivity index (χ2n) is 7.62. The third-order valence-electron chi connectivity index (χ3n) is 5.05. The minimum atomic E-state index is -5.37. The largest absolute Gasteiger partial charge is 0.574 e. The Labute approximate surface area is 217 Å². The molecule has 3 heterocycles. The van der Waals surface area contributed by atoms with Crippen molar-refractivity contribution in [1.29, 1.82) is 0 Å². The van der Waals surface area contributed by atoms with Crippen molar-refractivity contribution in [1.82, 2.24) is 25.0 Å². The normalized spacial score (nSPS) is 11.9. The molecule has 5 aromatic rings. The highest BCUT2D eigenvalue weighted by Gasteiger charge is 2.39. The number of thiophene rings is 1. The number of alkyl halides is 6. The quantitative estimate of drug-likeness (QED) is 0.243. The van der Waals surface area contributed by atoms with Crippen LogP contribution in [0.5, 0.6) is 17.5 Å². The first-order valence-electron chi connectivity index (χ1n) is 10.6. The van der Waals surface area contributed by atoms with E-state index in [9.17, 15) is 31.1 Å². The van der Waals surface area contributed by atoms with E-state index in [-0.39, 0.29) is 10.4 Å². The molecule has 0 saturated heterocycles. The standard InChI is InChI=1S/C23H12F6N6O3S/c24-22(25,26)15-3-1-2-4-16(15)35-21(38-23(27,28)29)17(33-34-35)18(36)32-12-5-7-13(8-6-12)37-19-14-9-10-39-20(14)31-11-30-19/h1-11H,(H,32,36). The van der Waals surface area contributed by atoms with E-state index >= 15 is 0 Å². The number of para-hydroxylation sites is 1. The summed E-state index contributed by atoms with van der Waals surface area (Å²) in [5.41, 5.74) is -3.01. The van der Waals surface area contributed by atoms with Crippen LogP contribution in [0.2, 0.25) is 0 Å². The summed E-state index contributed by atoms with van der Waals surface area (Å²) >= 11 is 1.40. The Kier molecular flexibility index (Phi) is 6.55. The van der Waals surface area contributed by atoms with E-state index in [4.69, 9.17) is 4.74 Å². The maximum atomic E-state index is 13.5. The number of rotatable bonds is 6. The fraction of sp³-hybridized carbons (Fsp3) is 0.0870. The summed E-state index contributed by atoms with van der Waals surface area (Å²) in [6.45, 7) is 0. The van der Waals surface area contributed by atoms with Crippen LogP contribution in [0.25, 0.3) is 15.9 Å². The molecule has 3 aromatic heterocycles. The number of halogens is 6. The predicted molar refractivity (Wildman–Crippen MR) is 125 cm³/mol. The molecule has 1 amide bonds. The number of nitrogens with one attached hydrogen (secondary N) is 1. The first-order valence-corrected chi connectivity index (χ1v) is 11.5. The van der Waals surface area contributed by atoms with E-state index in [1.807, 2.05) is 5.38 Å². The Morgan fingerprint density at radius 2 is 1.69 bits per heavy atom. The third-order valence-corrected chi connectivity index (χ3v) is 5.87.